The summed E-state index contributed by atoms with van der Waals surface area (Å²) in [5, 5.41) is 2.64. The molecule has 1 aromatic carbocycles. The number of benzene rings is 1. The van der Waals surface area contributed by atoms with Gasteiger partial charge in [0.2, 0.25) is 5.91 Å². The molecule has 2 atom stereocenters. The van der Waals surface area contributed by atoms with Gasteiger partial charge in [0.15, 0.2) is 0 Å². The van der Waals surface area contributed by atoms with Crippen LogP contribution in [0, 0.1) is 5.92 Å². The molecular formula is C19H19F2NO3. The zero-order valence-electron chi connectivity index (χ0n) is 13.7. The van der Waals surface area contributed by atoms with E-state index in [4.69, 9.17) is 4.42 Å². The molecule has 1 amide bonds. The zero-order valence-corrected chi connectivity index (χ0v) is 13.7. The van der Waals surface area contributed by atoms with E-state index in [1.807, 2.05) is 12.1 Å². The number of hydrogen-bond donors (Lipinski definition) is 1. The Bertz CT molecular complexity index is 770. The molecule has 1 aliphatic carbocycles. The Morgan fingerprint density at radius 3 is 2.84 bits per heavy atom. The molecule has 0 spiro atoms. The van der Waals surface area contributed by atoms with Crippen molar-refractivity contribution < 1.29 is 22.7 Å². The Balaban J connectivity index is 1.53. The van der Waals surface area contributed by atoms with Crippen LogP contribution in [0.2, 0.25) is 0 Å². The molecule has 1 fully saturated rings. The van der Waals surface area contributed by atoms with Crippen LogP contribution in [0.1, 0.15) is 36.3 Å². The average Bonchev–Trinajstić information content (AvgIpc) is 3.12. The van der Waals surface area contributed by atoms with Crippen molar-refractivity contribution in [2.24, 2.45) is 5.92 Å². The van der Waals surface area contributed by atoms with Gasteiger partial charge < -0.3 is 14.5 Å². The summed E-state index contributed by atoms with van der Waals surface area (Å²) in [6.45, 7) is -0.639. The second-order valence-electron chi connectivity index (χ2n) is 6.10. The number of hydrogen-bond acceptors (Lipinski definition) is 3. The monoisotopic (exact) mass is 347 g/mol. The first-order valence-corrected chi connectivity index (χ1v) is 8.11. The number of para-hydroxylation sites is 1. The molecule has 2 unspecified atom stereocenters. The molecule has 0 aliphatic heterocycles. The van der Waals surface area contributed by atoms with E-state index >= 15 is 0 Å². The fourth-order valence-corrected chi connectivity index (χ4v) is 2.64. The van der Waals surface area contributed by atoms with Gasteiger partial charge in [-0.25, -0.2) is 0 Å². The van der Waals surface area contributed by atoms with E-state index in [0.717, 1.165) is 12.2 Å². The molecule has 132 valence electrons. The number of nitrogens with one attached hydrogen (secondary N) is 1. The Morgan fingerprint density at radius 2 is 2.12 bits per heavy atom. The van der Waals surface area contributed by atoms with Crippen molar-refractivity contribution in [3.8, 4) is 5.75 Å². The van der Waals surface area contributed by atoms with Crippen molar-refractivity contribution in [1.82, 2.24) is 5.32 Å². The highest BCUT2D eigenvalue weighted by atomic mass is 19.3. The maximum atomic E-state index is 12.4. The summed E-state index contributed by atoms with van der Waals surface area (Å²) in [6.07, 6.45) is 4.08. The standard InChI is InChI=1S/C19H19F2NO3/c1-12-10-15(12)17-8-6-14(24-17)7-9-18(23)22-11-13-4-2-3-5-16(13)25-19(20)21/h2-9,12,15,19H,10-11H2,1H3,(H,22,23)/b9-7+. The lowest BCUT2D eigenvalue weighted by Crippen LogP contribution is -2.21. The highest BCUT2D eigenvalue weighted by molar-refractivity contribution is 5.91. The summed E-state index contributed by atoms with van der Waals surface area (Å²) in [7, 11) is 0. The number of carbonyl (C=O) groups excluding carboxylic acids is 1. The van der Waals surface area contributed by atoms with Crippen molar-refractivity contribution >= 4 is 12.0 Å². The fourth-order valence-electron chi connectivity index (χ4n) is 2.64. The number of furan rings is 1. The van der Waals surface area contributed by atoms with E-state index in [2.05, 4.69) is 17.0 Å². The molecule has 1 saturated carbocycles. The van der Waals surface area contributed by atoms with Gasteiger partial charge in [-0.2, -0.15) is 8.78 Å². The average molecular weight is 347 g/mol. The van der Waals surface area contributed by atoms with Crippen LogP contribution in [0.5, 0.6) is 5.75 Å². The van der Waals surface area contributed by atoms with Crippen LogP contribution in [0.4, 0.5) is 8.78 Å². The summed E-state index contributed by atoms with van der Waals surface area (Å²) >= 11 is 0. The molecule has 0 saturated heterocycles. The smallest absolute Gasteiger partial charge is 0.387 e. The van der Waals surface area contributed by atoms with E-state index in [0.29, 0.717) is 23.2 Å². The normalized spacial score (nSPS) is 19.4. The summed E-state index contributed by atoms with van der Waals surface area (Å²) in [5.74, 6) is 2.42. The highest BCUT2D eigenvalue weighted by Gasteiger charge is 2.36. The summed E-state index contributed by atoms with van der Waals surface area (Å²) < 4.78 is 34.8. The molecular weight excluding hydrogens is 328 g/mol. The molecule has 1 N–H and O–H groups in total. The van der Waals surface area contributed by atoms with Gasteiger partial charge in [-0.1, -0.05) is 25.1 Å². The van der Waals surface area contributed by atoms with E-state index in [1.165, 1.54) is 12.1 Å². The first kappa shape index (κ1) is 17.2. The van der Waals surface area contributed by atoms with Crippen LogP contribution in [0.25, 0.3) is 6.08 Å². The van der Waals surface area contributed by atoms with Gasteiger partial charge in [-0.05, 0) is 36.6 Å². The third-order valence-electron chi connectivity index (χ3n) is 4.16. The Hall–Kier alpha value is -2.63. The SMILES string of the molecule is CC1CC1c1ccc(/C=C/C(=O)NCc2ccccc2OC(F)F)o1. The summed E-state index contributed by atoms with van der Waals surface area (Å²) in [4.78, 5) is 11.9. The number of ether oxygens (including phenoxy) is 1. The number of halogens is 2. The van der Waals surface area contributed by atoms with E-state index in [1.54, 1.807) is 24.3 Å². The van der Waals surface area contributed by atoms with E-state index in [-0.39, 0.29) is 18.2 Å². The lowest BCUT2D eigenvalue weighted by atomic mass is 10.2. The number of amides is 1. The van der Waals surface area contributed by atoms with Gasteiger partial charge in [-0.3, -0.25) is 4.79 Å². The molecule has 1 aliphatic rings. The van der Waals surface area contributed by atoms with Crippen LogP contribution in [-0.4, -0.2) is 12.5 Å². The molecule has 1 aromatic heterocycles. The first-order valence-electron chi connectivity index (χ1n) is 8.11. The Labute approximate surface area is 144 Å². The molecule has 1 heterocycles. The number of alkyl halides is 2. The van der Waals surface area contributed by atoms with Crippen LogP contribution in [0.15, 0.2) is 46.9 Å². The van der Waals surface area contributed by atoms with Crippen molar-refractivity contribution in [3.63, 3.8) is 0 Å². The minimum Gasteiger partial charge on any atom is -0.461 e. The van der Waals surface area contributed by atoms with Gasteiger partial charge >= 0.3 is 6.61 Å². The molecule has 25 heavy (non-hydrogen) atoms. The van der Waals surface area contributed by atoms with Crippen LogP contribution >= 0.6 is 0 Å². The quantitative estimate of drug-likeness (QED) is 0.758. The third kappa shape index (κ3) is 4.68. The van der Waals surface area contributed by atoms with Crippen molar-refractivity contribution in [3.05, 3.63) is 59.6 Å². The Morgan fingerprint density at radius 1 is 1.36 bits per heavy atom. The molecule has 4 nitrogen and oxygen atoms in total. The summed E-state index contributed by atoms with van der Waals surface area (Å²) in [5.41, 5.74) is 0.479. The summed E-state index contributed by atoms with van der Waals surface area (Å²) in [6, 6.07) is 10.1. The first-order chi connectivity index (χ1) is 12.0. The minimum atomic E-state index is -2.90. The maximum absolute atomic E-state index is 12.4. The van der Waals surface area contributed by atoms with E-state index < -0.39 is 6.61 Å². The predicted molar refractivity (Wildman–Crippen MR) is 89.2 cm³/mol. The van der Waals surface area contributed by atoms with Gasteiger partial charge in [0.25, 0.3) is 0 Å². The van der Waals surface area contributed by atoms with Gasteiger partial charge in [0, 0.05) is 24.1 Å². The predicted octanol–water partition coefficient (Wildman–Crippen LogP) is 4.33. The lowest BCUT2D eigenvalue weighted by molar-refractivity contribution is -0.116. The van der Waals surface area contributed by atoms with Crippen molar-refractivity contribution in [2.45, 2.75) is 32.4 Å². The fraction of sp³-hybridized carbons (Fsp3) is 0.316. The number of rotatable bonds is 7. The minimum absolute atomic E-state index is 0.0519. The number of carbonyl (C=O) groups is 1. The van der Waals surface area contributed by atoms with E-state index in [9.17, 15) is 13.6 Å². The zero-order chi connectivity index (χ0) is 17.8. The molecule has 6 heteroatoms. The highest BCUT2D eigenvalue weighted by Crippen LogP contribution is 2.47. The second-order valence-corrected chi connectivity index (χ2v) is 6.10. The third-order valence-corrected chi connectivity index (χ3v) is 4.16. The molecule has 0 radical (unpaired) electrons. The maximum Gasteiger partial charge on any atom is 0.387 e. The van der Waals surface area contributed by atoms with Crippen molar-refractivity contribution in [2.75, 3.05) is 0 Å². The van der Waals surface area contributed by atoms with Crippen molar-refractivity contribution in [1.29, 1.82) is 0 Å². The molecule has 3 rings (SSSR count). The molecule has 2 aromatic rings. The topological polar surface area (TPSA) is 51.5 Å². The van der Waals surface area contributed by atoms with Gasteiger partial charge in [0.05, 0.1) is 0 Å². The van der Waals surface area contributed by atoms with Crippen LogP contribution < -0.4 is 10.1 Å². The molecule has 0 bridgehead atoms. The Kier molecular flexibility index (Phi) is 5.16. The van der Waals surface area contributed by atoms with Gasteiger partial charge in [0.1, 0.15) is 17.3 Å². The second kappa shape index (κ2) is 7.51. The lowest BCUT2D eigenvalue weighted by Gasteiger charge is -2.10. The largest absolute Gasteiger partial charge is 0.461 e. The van der Waals surface area contributed by atoms with Crippen LogP contribution in [0.3, 0.4) is 0 Å². The van der Waals surface area contributed by atoms with Crippen LogP contribution in [-0.2, 0) is 11.3 Å². The van der Waals surface area contributed by atoms with Gasteiger partial charge in [-0.15, -0.1) is 0 Å².